The van der Waals surface area contributed by atoms with Crippen molar-refractivity contribution in [2.75, 3.05) is 0 Å². The van der Waals surface area contributed by atoms with Gasteiger partial charge in [0.05, 0.1) is 0 Å². The third kappa shape index (κ3) is 9.77. The zero-order valence-electron chi connectivity index (χ0n) is 32.4. The van der Waals surface area contributed by atoms with Gasteiger partial charge in [-0.2, -0.15) is 0 Å². The molecule has 0 heterocycles. The van der Waals surface area contributed by atoms with Crippen LogP contribution in [0.15, 0.2) is 146 Å². The minimum absolute atomic E-state index is 0.0708. The molecule has 0 amide bonds. The van der Waals surface area contributed by atoms with Gasteiger partial charge in [0.25, 0.3) is 0 Å². The second-order valence-corrected chi connectivity index (χ2v) is 15.5. The summed E-state index contributed by atoms with van der Waals surface area (Å²) in [4.78, 5) is 0. The fourth-order valence-electron chi connectivity index (χ4n) is 7.24. The van der Waals surface area contributed by atoms with Gasteiger partial charge in [0, 0.05) is 10.8 Å². The maximum absolute atomic E-state index is 2.35. The minimum atomic E-state index is 0.0708. The smallest absolute Gasteiger partial charge is 0.0202 e. The van der Waals surface area contributed by atoms with Crippen LogP contribution in [-0.2, 0) is 10.8 Å². The van der Waals surface area contributed by atoms with Gasteiger partial charge in [0.15, 0.2) is 0 Å². The third-order valence-electron chi connectivity index (χ3n) is 10.9. The van der Waals surface area contributed by atoms with E-state index >= 15 is 0 Å². The highest BCUT2D eigenvalue weighted by molar-refractivity contribution is 5.63. The Bertz CT molecular complexity index is 1770. The van der Waals surface area contributed by atoms with Crippen molar-refractivity contribution in [2.24, 2.45) is 0 Å². The van der Waals surface area contributed by atoms with Gasteiger partial charge >= 0.3 is 0 Å². The number of hydrogen-bond donors (Lipinski definition) is 0. The van der Waals surface area contributed by atoms with Gasteiger partial charge in [-0.25, -0.2) is 0 Å². The summed E-state index contributed by atoms with van der Waals surface area (Å²) in [5.74, 6) is 0. The van der Waals surface area contributed by atoms with Crippen molar-refractivity contribution in [2.45, 2.75) is 98.3 Å². The Morgan fingerprint density at radius 2 is 0.588 bits per heavy atom. The summed E-state index contributed by atoms with van der Waals surface area (Å²) in [6, 6.07) is 53.4. The van der Waals surface area contributed by atoms with E-state index in [1.54, 1.807) is 0 Å². The van der Waals surface area contributed by atoms with Crippen molar-refractivity contribution in [1.29, 1.82) is 0 Å². The zero-order valence-corrected chi connectivity index (χ0v) is 32.4. The maximum atomic E-state index is 2.35. The normalized spacial score (nSPS) is 13.6. The molecule has 0 unspecified atom stereocenters. The van der Waals surface area contributed by atoms with E-state index in [1.807, 2.05) is 0 Å². The first-order valence-electron chi connectivity index (χ1n) is 18.9. The van der Waals surface area contributed by atoms with Crippen LogP contribution in [0.5, 0.6) is 0 Å². The molecule has 1 saturated carbocycles. The number of rotatable bonds is 5. The molecule has 0 spiro atoms. The van der Waals surface area contributed by atoms with E-state index in [0.29, 0.717) is 0 Å². The van der Waals surface area contributed by atoms with Crippen LogP contribution in [0.2, 0.25) is 0 Å². The summed E-state index contributed by atoms with van der Waals surface area (Å²) < 4.78 is 0. The molecule has 7 rings (SSSR count). The molecule has 0 aliphatic heterocycles. The third-order valence-corrected chi connectivity index (χ3v) is 10.9. The lowest BCUT2D eigenvalue weighted by Gasteiger charge is -2.38. The molecule has 0 aromatic heterocycles. The molecule has 1 fully saturated rings. The monoisotopic (exact) mass is 670 g/mol. The molecule has 0 nitrogen and oxygen atoms in total. The van der Waals surface area contributed by atoms with Crippen LogP contribution in [0.25, 0.3) is 11.1 Å². The molecule has 262 valence electrons. The molecule has 0 saturated heterocycles. The molecule has 6 aromatic rings. The van der Waals surface area contributed by atoms with Gasteiger partial charge in [-0.15, -0.1) is 0 Å². The Morgan fingerprint density at radius 1 is 0.333 bits per heavy atom. The molecule has 1 aliphatic carbocycles. The van der Waals surface area contributed by atoms with Crippen LogP contribution in [0.4, 0.5) is 0 Å². The molecule has 0 radical (unpaired) electrons. The predicted octanol–water partition coefficient (Wildman–Crippen LogP) is 14.2. The predicted molar refractivity (Wildman–Crippen MR) is 222 cm³/mol. The highest BCUT2D eigenvalue weighted by atomic mass is 14.4. The number of benzene rings is 6. The van der Waals surface area contributed by atoms with Gasteiger partial charge in [-0.3, -0.25) is 0 Å². The molecule has 0 bridgehead atoms. The summed E-state index contributed by atoms with van der Waals surface area (Å²) in [7, 11) is 0. The standard InChI is InChI=1S/C20H24.C17H20.C14H14/c1-16-6-10-18(11-7-16)20(14-4-3-5-15-20)19-12-8-17(2)9-13-19;1-13-5-9-15(10-6-13)17(3,4)16-11-7-14(2)8-12-16;1-11-3-7-13(8-4-11)14-9-5-12(2)6-10-14/h6-13H,3-5,14-15H2,1-2H3;5-12H,1-4H3;3-10H,1-2H3. The first-order valence-corrected chi connectivity index (χ1v) is 18.9. The zero-order chi connectivity index (χ0) is 36.4. The van der Waals surface area contributed by atoms with Gasteiger partial charge in [0.2, 0.25) is 0 Å². The topological polar surface area (TPSA) is 0 Å². The van der Waals surface area contributed by atoms with Crippen LogP contribution < -0.4 is 0 Å². The Morgan fingerprint density at radius 3 is 0.882 bits per heavy atom. The van der Waals surface area contributed by atoms with Crippen molar-refractivity contribution in [3.05, 3.63) is 201 Å². The Labute approximate surface area is 309 Å². The van der Waals surface area contributed by atoms with Gasteiger partial charge < -0.3 is 0 Å². The second kappa shape index (κ2) is 17.0. The van der Waals surface area contributed by atoms with E-state index in [1.165, 1.54) is 98.9 Å². The fourth-order valence-corrected chi connectivity index (χ4v) is 7.24. The summed E-state index contributed by atoms with van der Waals surface area (Å²) in [6.07, 6.45) is 6.67. The molecule has 6 aromatic carbocycles. The van der Waals surface area contributed by atoms with Gasteiger partial charge in [-0.1, -0.05) is 212 Å². The summed E-state index contributed by atoms with van der Waals surface area (Å²) >= 11 is 0. The van der Waals surface area contributed by atoms with Crippen LogP contribution >= 0.6 is 0 Å². The maximum Gasteiger partial charge on any atom is 0.0202 e. The highest BCUT2D eigenvalue weighted by Gasteiger charge is 2.35. The van der Waals surface area contributed by atoms with Gasteiger partial charge in [0.1, 0.15) is 0 Å². The van der Waals surface area contributed by atoms with Crippen molar-refractivity contribution >= 4 is 0 Å². The lowest BCUT2D eigenvalue weighted by atomic mass is 9.65. The summed E-state index contributed by atoms with van der Waals surface area (Å²) in [6.45, 7) is 17.4. The minimum Gasteiger partial charge on any atom is -0.0590 e. The van der Waals surface area contributed by atoms with E-state index in [-0.39, 0.29) is 10.8 Å². The molecular weight excluding hydrogens is 613 g/mol. The van der Waals surface area contributed by atoms with Crippen molar-refractivity contribution < 1.29 is 0 Å². The average Bonchev–Trinajstić information content (AvgIpc) is 3.14. The Balaban J connectivity index is 0.000000151. The quantitative estimate of drug-likeness (QED) is 0.171. The number of hydrogen-bond acceptors (Lipinski definition) is 0. The highest BCUT2D eigenvalue weighted by Crippen LogP contribution is 2.45. The molecule has 1 aliphatic rings. The van der Waals surface area contributed by atoms with E-state index < -0.39 is 0 Å². The largest absolute Gasteiger partial charge is 0.0590 e. The van der Waals surface area contributed by atoms with Crippen LogP contribution in [0, 0.1) is 41.5 Å². The lowest BCUT2D eigenvalue weighted by molar-refractivity contribution is 0.346. The van der Waals surface area contributed by atoms with E-state index in [4.69, 9.17) is 0 Å². The first-order chi connectivity index (χ1) is 24.5. The molecular formula is C51H58. The van der Waals surface area contributed by atoms with E-state index in [0.717, 1.165) is 0 Å². The molecule has 0 N–H and O–H groups in total. The van der Waals surface area contributed by atoms with E-state index in [9.17, 15) is 0 Å². The van der Waals surface area contributed by atoms with Gasteiger partial charge in [-0.05, 0) is 87.8 Å². The fraction of sp³-hybridized carbons (Fsp3) is 0.294. The molecule has 0 atom stereocenters. The van der Waals surface area contributed by atoms with E-state index in [2.05, 4.69) is 201 Å². The molecule has 0 heteroatoms. The second-order valence-electron chi connectivity index (χ2n) is 15.5. The Kier molecular flexibility index (Phi) is 12.5. The van der Waals surface area contributed by atoms with Crippen molar-refractivity contribution in [1.82, 2.24) is 0 Å². The van der Waals surface area contributed by atoms with Crippen LogP contribution in [-0.4, -0.2) is 0 Å². The summed E-state index contributed by atoms with van der Waals surface area (Å²) in [5.41, 5.74) is 16.6. The summed E-state index contributed by atoms with van der Waals surface area (Å²) in [5, 5.41) is 0. The van der Waals surface area contributed by atoms with Crippen LogP contribution in [0.1, 0.15) is 102 Å². The first kappa shape index (κ1) is 37.6. The van der Waals surface area contributed by atoms with Crippen molar-refractivity contribution in [3.8, 4) is 11.1 Å². The van der Waals surface area contributed by atoms with Crippen molar-refractivity contribution in [3.63, 3.8) is 0 Å². The number of aryl methyl sites for hydroxylation is 6. The Hall–Kier alpha value is -4.68. The van der Waals surface area contributed by atoms with Crippen LogP contribution in [0.3, 0.4) is 0 Å². The molecule has 51 heavy (non-hydrogen) atoms. The lowest BCUT2D eigenvalue weighted by Crippen LogP contribution is -2.30. The SMILES string of the molecule is Cc1ccc(-c2ccc(C)cc2)cc1.Cc1ccc(C(C)(C)c2ccc(C)cc2)cc1.Cc1ccc(C2(c3ccc(C)cc3)CCCCC2)cc1. The average molecular weight is 671 g/mol.